The molecule has 2 atom stereocenters. The summed E-state index contributed by atoms with van der Waals surface area (Å²) in [7, 11) is 0. The van der Waals surface area contributed by atoms with E-state index in [-0.39, 0.29) is 37.9 Å². The number of amides is 4. The van der Waals surface area contributed by atoms with Crippen molar-refractivity contribution in [2.45, 2.75) is 32.5 Å². The van der Waals surface area contributed by atoms with Gasteiger partial charge in [-0.2, -0.15) is 5.06 Å². The molecule has 23 heavy (non-hydrogen) atoms. The molecular formula is C13H20N4O6. The van der Waals surface area contributed by atoms with Gasteiger partial charge in [-0.15, -0.1) is 0 Å². The molecule has 0 aromatic rings. The first-order valence-corrected chi connectivity index (χ1v) is 7.28. The number of carbonyl (C=O) groups excluding carboxylic acids is 3. The van der Waals surface area contributed by atoms with Gasteiger partial charge in [-0.25, -0.2) is 4.79 Å². The SMILES string of the molecule is CC(C)C1ON(C(=O)O)C2CN(CCC(N)=O)C(=O)CN2C1=O. The van der Waals surface area contributed by atoms with Crippen LogP contribution in [0.3, 0.4) is 0 Å². The average molecular weight is 328 g/mol. The molecule has 0 spiro atoms. The fraction of sp³-hybridized carbons (Fsp3) is 0.692. The number of hydrogen-bond donors (Lipinski definition) is 2. The minimum atomic E-state index is -1.35. The normalized spacial score (nSPS) is 24.9. The number of nitrogens with two attached hydrogens (primary N) is 1. The molecule has 10 heteroatoms. The number of rotatable bonds is 4. The Morgan fingerprint density at radius 2 is 2.04 bits per heavy atom. The van der Waals surface area contributed by atoms with Gasteiger partial charge < -0.3 is 20.6 Å². The van der Waals surface area contributed by atoms with Gasteiger partial charge in [-0.1, -0.05) is 13.8 Å². The van der Waals surface area contributed by atoms with Gasteiger partial charge in [0, 0.05) is 13.0 Å². The van der Waals surface area contributed by atoms with Crippen LogP contribution >= 0.6 is 0 Å². The van der Waals surface area contributed by atoms with Gasteiger partial charge in [0.25, 0.3) is 5.91 Å². The smallest absolute Gasteiger partial charge is 0.433 e. The second kappa shape index (κ2) is 6.41. The van der Waals surface area contributed by atoms with Gasteiger partial charge in [-0.3, -0.25) is 19.2 Å². The molecule has 2 aliphatic rings. The zero-order valence-electron chi connectivity index (χ0n) is 13.0. The molecule has 2 aliphatic heterocycles. The number of carboxylic acid groups (broad SMARTS) is 1. The lowest BCUT2D eigenvalue weighted by molar-refractivity contribution is -0.265. The van der Waals surface area contributed by atoms with Crippen molar-refractivity contribution in [3.05, 3.63) is 0 Å². The Labute approximate surface area is 132 Å². The number of carbonyl (C=O) groups is 4. The quantitative estimate of drug-likeness (QED) is 0.666. The molecule has 0 aromatic carbocycles. The molecule has 0 saturated carbocycles. The minimum Gasteiger partial charge on any atom is -0.463 e. The summed E-state index contributed by atoms with van der Waals surface area (Å²) in [4.78, 5) is 54.7. The van der Waals surface area contributed by atoms with Crippen molar-refractivity contribution < 1.29 is 29.1 Å². The van der Waals surface area contributed by atoms with Crippen LogP contribution < -0.4 is 5.73 Å². The van der Waals surface area contributed by atoms with Crippen LogP contribution in [0.1, 0.15) is 20.3 Å². The summed E-state index contributed by atoms with van der Waals surface area (Å²) >= 11 is 0. The fourth-order valence-corrected chi connectivity index (χ4v) is 2.62. The number of primary amides is 1. The predicted octanol–water partition coefficient (Wildman–Crippen LogP) is -1.19. The number of hydroxylamine groups is 2. The lowest BCUT2D eigenvalue weighted by Crippen LogP contribution is -2.70. The maximum absolute atomic E-state index is 12.4. The molecule has 3 N–H and O–H groups in total. The van der Waals surface area contributed by atoms with Crippen LogP contribution in [0, 0.1) is 5.92 Å². The van der Waals surface area contributed by atoms with Crippen LogP contribution in [-0.4, -0.2) is 75.7 Å². The van der Waals surface area contributed by atoms with E-state index in [9.17, 15) is 24.3 Å². The molecule has 2 unspecified atom stereocenters. The van der Waals surface area contributed by atoms with Crippen LogP contribution in [0.15, 0.2) is 0 Å². The van der Waals surface area contributed by atoms with Crippen molar-refractivity contribution in [1.29, 1.82) is 0 Å². The summed E-state index contributed by atoms with van der Waals surface area (Å²) in [6.45, 7) is 3.23. The summed E-state index contributed by atoms with van der Waals surface area (Å²) < 4.78 is 0. The highest BCUT2D eigenvalue weighted by molar-refractivity contribution is 5.90. The molecule has 4 amide bonds. The number of nitrogens with zero attached hydrogens (tertiary/aromatic N) is 3. The molecule has 128 valence electrons. The third kappa shape index (κ3) is 3.36. The van der Waals surface area contributed by atoms with Crippen molar-refractivity contribution in [1.82, 2.24) is 14.9 Å². The molecule has 0 aromatic heterocycles. The van der Waals surface area contributed by atoms with Crippen LogP contribution in [0.2, 0.25) is 0 Å². The Balaban J connectivity index is 2.21. The molecule has 2 saturated heterocycles. The Kier molecular flexibility index (Phi) is 4.73. The monoisotopic (exact) mass is 328 g/mol. The van der Waals surface area contributed by atoms with E-state index in [1.54, 1.807) is 13.8 Å². The lowest BCUT2D eigenvalue weighted by atomic mass is 10.0. The van der Waals surface area contributed by atoms with Crippen molar-refractivity contribution in [2.24, 2.45) is 11.7 Å². The molecular weight excluding hydrogens is 308 g/mol. The largest absolute Gasteiger partial charge is 0.463 e. The highest BCUT2D eigenvalue weighted by atomic mass is 16.7. The van der Waals surface area contributed by atoms with Crippen molar-refractivity contribution in [3.8, 4) is 0 Å². The Hall–Kier alpha value is -2.36. The van der Waals surface area contributed by atoms with E-state index in [2.05, 4.69) is 0 Å². The first-order valence-electron chi connectivity index (χ1n) is 7.28. The number of fused-ring (bicyclic) bond motifs is 1. The highest BCUT2D eigenvalue weighted by Gasteiger charge is 2.49. The first kappa shape index (κ1) is 17.0. The second-order valence-electron chi connectivity index (χ2n) is 5.88. The van der Waals surface area contributed by atoms with E-state index in [0.717, 1.165) is 0 Å². The topological polar surface area (TPSA) is 133 Å². The van der Waals surface area contributed by atoms with Crippen molar-refractivity contribution in [2.75, 3.05) is 19.6 Å². The molecule has 2 heterocycles. The van der Waals surface area contributed by atoms with Crippen LogP contribution in [0.4, 0.5) is 4.79 Å². The summed E-state index contributed by atoms with van der Waals surface area (Å²) in [6.07, 6.45) is -3.26. The molecule has 2 rings (SSSR count). The van der Waals surface area contributed by atoms with E-state index in [4.69, 9.17) is 10.6 Å². The second-order valence-corrected chi connectivity index (χ2v) is 5.88. The third-order valence-corrected chi connectivity index (χ3v) is 3.85. The van der Waals surface area contributed by atoms with E-state index < -0.39 is 30.2 Å². The van der Waals surface area contributed by atoms with Crippen molar-refractivity contribution >= 4 is 23.8 Å². The third-order valence-electron chi connectivity index (χ3n) is 3.85. The summed E-state index contributed by atoms with van der Waals surface area (Å²) in [5.41, 5.74) is 5.07. The summed E-state index contributed by atoms with van der Waals surface area (Å²) in [5.74, 6) is -1.57. The van der Waals surface area contributed by atoms with E-state index >= 15 is 0 Å². The maximum atomic E-state index is 12.4. The molecule has 10 nitrogen and oxygen atoms in total. The fourth-order valence-electron chi connectivity index (χ4n) is 2.62. The molecule has 0 radical (unpaired) electrons. The Morgan fingerprint density at radius 3 is 2.57 bits per heavy atom. The first-order chi connectivity index (χ1) is 10.7. The zero-order valence-corrected chi connectivity index (χ0v) is 13.0. The maximum Gasteiger partial charge on any atom is 0.433 e. The van der Waals surface area contributed by atoms with E-state index in [0.29, 0.717) is 5.06 Å². The van der Waals surface area contributed by atoms with Crippen LogP contribution in [-0.2, 0) is 19.2 Å². The summed E-state index contributed by atoms with van der Waals surface area (Å²) in [5, 5.41) is 10.0. The summed E-state index contributed by atoms with van der Waals surface area (Å²) in [6, 6.07) is 0. The molecule has 0 aliphatic carbocycles. The van der Waals surface area contributed by atoms with E-state index in [1.165, 1.54) is 9.80 Å². The molecule has 0 bridgehead atoms. The van der Waals surface area contributed by atoms with Crippen LogP contribution in [0.25, 0.3) is 0 Å². The average Bonchev–Trinajstić information content (AvgIpc) is 2.45. The van der Waals surface area contributed by atoms with Gasteiger partial charge in [0.05, 0.1) is 6.54 Å². The predicted molar refractivity (Wildman–Crippen MR) is 75.5 cm³/mol. The Morgan fingerprint density at radius 1 is 1.39 bits per heavy atom. The van der Waals surface area contributed by atoms with Gasteiger partial charge in [0.1, 0.15) is 6.54 Å². The molecule has 2 fully saturated rings. The van der Waals surface area contributed by atoms with Crippen LogP contribution in [0.5, 0.6) is 0 Å². The number of piperazine rings is 1. The van der Waals surface area contributed by atoms with Gasteiger partial charge in [0.2, 0.25) is 11.8 Å². The van der Waals surface area contributed by atoms with Gasteiger partial charge in [-0.05, 0) is 5.92 Å². The van der Waals surface area contributed by atoms with E-state index in [1.807, 2.05) is 0 Å². The lowest BCUT2D eigenvalue weighted by Gasteiger charge is -2.49. The van der Waals surface area contributed by atoms with Crippen molar-refractivity contribution in [3.63, 3.8) is 0 Å². The Bertz CT molecular complexity index is 537. The highest BCUT2D eigenvalue weighted by Crippen LogP contribution is 2.26. The van der Waals surface area contributed by atoms with Gasteiger partial charge >= 0.3 is 6.09 Å². The standard InChI is InChI=1S/C13H20N4O6/c1-7(2)11-12(20)16-6-10(19)15(4-3-8(14)18)5-9(16)17(23-11)13(21)22/h7,9,11H,3-6H2,1-2H3,(H2,14,18)(H,21,22). The van der Waals surface area contributed by atoms with Gasteiger partial charge in [0.15, 0.2) is 12.3 Å². The minimum absolute atomic E-state index is 0.0328. The zero-order chi connectivity index (χ0) is 17.3. The number of hydrogen-bond acceptors (Lipinski definition) is 5.